The Hall–Kier alpha value is -3.41. The number of hydrogen-bond acceptors (Lipinski definition) is 6. The summed E-state index contributed by atoms with van der Waals surface area (Å²) in [7, 11) is 0. The van der Waals surface area contributed by atoms with Crippen molar-refractivity contribution in [2.75, 3.05) is 19.6 Å². The number of aliphatic hydroxyl groups is 1. The Morgan fingerprint density at radius 1 is 1.26 bits per heavy atom. The number of carboxylic acids is 1. The minimum atomic E-state index is -0.742. The number of carboxylic acid groups (broad SMARTS) is 1. The van der Waals surface area contributed by atoms with Gasteiger partial charge in [0, 0.05) is 35.5 Å². The molecule has 2 aliphatic rings. The quantitative estimate of drug-likeness (QED) is 0.526. The maximum Gasteiger partial charge on any atom is 0.317 e. The molecule has 3 aromatic rings. The van der Waals surface area contributed by atoms with Crippen LogP contribution in [0.25, 0.3) is 11.3 Å². The van der Waals surface area contributed by atoms with Crippen LogP contribution in [-0.4, -0.2) is 55.4 Å². The number of carbonyl (C=O) groups is 1. The molecule has 35 heavy (non-hydrogen) atoms. The lowest BCUT2D eigenvalue weighted by Gasteiger charge is -2.50. The predicted octanol–water partition coefficient (Wildman–Crippen LogP) is 3.57. The van der Waals surface area contributed by atoms with E-state index >= 15 is 0 Å². The topological polar surface area (TPSA) is 105 Å². The van der Waals surface area contributed by atoms with Gasteiger partial charge >= 0.3 is 5.97 Å². The summed E-state index contributed by atoms with van der Waals surface area (Å²) in [6, 6.07) is 9.90. The number of benzene rings is 1. The highest BCUT2D eigenvalue weighted by molar-refractivity contribution is 5.69. The molecule has 2 aromatic heterocycles. The van der Waals surface area contributed by atoms with E-state index in [4.69, 9.17) is 9.63 Å². The Bertz CT molecular complexity index is 1230. The third-order valence-corrected chi connectivity index (χ3v) is 7.24. The molecule has 1 aliphatic carbocycles. The van der Waals surface area contributed by atoms with Crippen LogP contribution in [0.2, 0.25) is 0 Å². The van der Waals surface area contributed by atoms with Crippen molar-refractivity contribution >= 4 is 5.97 Å². The van der Waals surface area contributed by atoms with Gasteiger partial charge in [0.2, 0.25) is 0 Å². The molecule has 0 bridgehead atoms. The Balaban J connectivity index is 1.14. The highest BCUT2D eigenvalue weighted by Gasteiger charge is 2.45. The molecule has 0 amide bonds. The van der Waals surface area contributed by atoms with Gasteiger partial charge in [0.25, 0.3) is 0 Å². The van der Waals surface area contributed by atoms with Crippen LogP contribution in [0.1, 0.15) is 55.8 Å². The molecule has 1 spiro atoms. The van der Waals surface area contributed by atoms with Crippen molar-refractivity contribution < 1.29 is 19.5 Å². The van der Waals surface area contributed by atoms with Crippen molar-refractivity contribution in [1.29, 1.82) is 0 Å². The van der Waals surface area contributed by atoms with E-state index in [0.29, 0.717) is 29.5 Å². The normalized spacial score (nSPS) is 18.6. The number of aromatic nitrogens is 3. The molecule has 3 heterocycles. The maximum absolute atomic E-state index is 10.9. The van der Waals surface area contributed by atoms with Gasteiger partial charge in [0.05, 0.1) is 13.1 Å². The molecule has 8 nitrogen and oxygen atoms in total. The van der Waals surface area contributed by atoms with Crippen molar-refractivity contribution in [3.8, 4) is 23.2 Å². The molecular formula is C27H30N4O4. The summed E-state index contributed by atoms with van der Waals surface area (Å²) in [4.78, 5) is 17.1. The van der Waals surface area contributed by atoms with Crippen molar-refractivity contribution in [2.24, 2.45) is 11.3 Å². The first-order chi connectivity index (χ1) is 16.9. The molecule has 0 unspecified atom stereocenters. The monoisotopic (exact) mass is 474 g/mol. The van der Waals surface area contributed by atoms with Gasteiger partial charge in [0.1, 0.15) is 17.6 Å². The summed E-state index contributed by atoms with van der Waals surface area (Å²) in [5.41, 5.74) is 3.04. The number of imidazole rings is 1. The molecule has 2 fully saturated rings. The number of likely N-dealkylation sites (tertiary alicyclic amines) is 1. The van der Waals surface area contributed by atoms with E-state index in [9.17, 15) is 9.90 Å². The van der Waals surface area contributed by atoms with Crippen LogP contribution in [-0.2, 0) is 11.3 Å². The fraction of sp³-hybridized carbons (Fsp3) is 0.444. The van der Waals surface area contributed by atoms with Gasteiger partial charge in [-0.1, -0.05) is 17.0 Å². The van der Waals surface area contributed by atoms with Gasteiger partial charge in [-0.25, -0.2) is 4.98 Å². The second-order valence-corrected chi connectivity index (χ2v) is 9.89. The van der Waals surface area contributed by atoms with E-state index in [-0.39, 0.29) is 6.54 Å². The average molecular weight is 475 g/mol. The van der Waals surface area contributed by atoms with Crippen LogP contribution in [0.5, 0.6) is 0 Å². The van der Waals surface area contributed by atoms with E-state index in [1.54, 1.807) is 13.1 Å². The van der Waals surface area contributed by atoms with Crippen LogP contribution in [0, 0.1) is 23.2 Å². The van der Waals surface area contributed by atoms with Crippen molar-refractivity contribution in [3.05, 3.63) is 59.8 Å². The summed E-state index contributed by atoms with van der Waals surface area (Å²) in [5, 5.41) is 22.9. The first-order valence-corrected chi connectivity index (χ1v) is 12.1. The first-order valence-electron chi connectivity index (χ1n) is 12.1. The summed E-state index contributed by atoms with van der Waals surface area (Å²) in [6.45, 7) is 4.07. The van der Waals surface area contributed by atoms with Crippen LogP contribution < -0.4 is 0 Å². The van der Waals surface area contributed by atoms with E-state index in [1.165, 1.54) is 0 Å². The van der Waals surface area contributed by atoms with Gasteiger partial charge in [-0.2, -0.15) is 0 Å². The smallest absolute Gasteiger partial charge is 0.317 e. The van der Waals surface area contributed by atoms with E-state index < -0.39 is 12.1 Å². The molecule has 0 radical (unpaired) electrons. The lowest BCUT2D eigenvalue weighted by atomic mass is 9.58. The van der Waals surface area contributed by atoms with E-state index in [1.807, 2.05) is 46.0 Å². The number of aliphatic carboxylic acids is 1. The van der Waals surface area contributed by atoms with Crippen LogP contribution in [0.4, 0.5) is 0 Å². The molecule has 1 saturated heterocycles. The number of rotatable bonds is 6. The average Bonchev–Trinajstić information content (AvgIpc) is 3.47. The summed E-state index contributed by atoms with van der Waals surface area (Å²) >= 11 is 0. The van der Waals surface area contributed by atoms with Gasteiger partial charge in [0.15, 0.2) is 5.76 Å². The number of aliphatic hydroxyl groups excluding tert-OH is 1. The Kier molecular flexibility index (Phi) is 6.46. The molecule has 5 rings (SSSR count). The largest absolute Gasteiger partial charge is 0.480 e. The van der Waals surface area contributed by atoms with Crippen LogP contribution in [0.3, 0.4) is 0 Å². The molecule has 1 saturated carbocycles. The maximum atomic E-state index is 10.9. The SMILES string of the molecule is C[C@H](O)c1nccn1Cc1cc(-c2ccc(C#CC3CC4(CCN(CC(=O)O)CC4)C3)cc2)on1. The highest BCUT2D eigenvalue weighted by Crippen LogP contribution is 2.52. The Morgan fingerprint density at radius 3 is 2.69 bits per heavy atom. The Labute approximate surface area is 204 Å². The molecule has 2 N–H and O–H groups in total. The molecule has 1 aliphatic heterocycles. The lowest BCUT2D eigenvalue weighted by Crippen LogP contribution is -2.47. The summed E-state index contributed by atoms with van der Waals surface area (Å²) in [5.74, 6) is 7.71. The number of piperidine rings is 1. The van der Waals surface area contributed by atoms with Crippen molar-refractivity contribution in [2.45, 2.75) is 45.3 Å². The minimum Gasteiger partial charge on any atom is -0.480 e. The highest BCUT2D eigenvalue weighted by atomic mass is 16.5. The molecular weight excluding hydrogens is 444 g/mol. The first kappa shape index (κ1) is 23.3. The molecule has 1 aromatic carbocycles. The molecule has 1 atom stereocenters. The standard InChI is InChI=1S/C27H30N4O4/c1-19(32)26-28-10-13-31(26)17-23-14-24(35-29-23)22-6-4-20(5-7-22)2-3-21-15-27(16-21)8-11-30(12-9-27)18-25(33)34/h4-7,10,13-14,19,21,32H,8-9,11-12,15-18H2,1H3,(H,33,34)/t19-/m0/s1. The zero-order valence-electron chi connectivity index (χ0n) is 19.9. The Morgan fingerprint density at radius 2 is 2.00 bits per heavy atom. The van der Waals surface area contributed by atoms with Crippen molar-refractivity contribution in [3.63, 3.8) is 0 Å². The predicted molar refractivity (Wildman–Crippen MR) is 129 cm³/mol. The zero-order chi connectivity index (χ0) is 24.4. The third-order valence-electron chi connectivity index (χ3n) is 7.24. The van der Waals surface area contributed by atoms with Gasteiger partial charge in [-0.05, 0) is 75.4 Å². The lowest BCUT2D eigenvalue weighted by molar-refractivity contribution is -0.139. The van der Waals surface area contributed by atoms with E-state index in [2.05, 4.69) is 22.0 Å². The van der Waals surface area contributed by atoms with Crippen LogP contribution >= 0.6 is 0 Å². The van der Waals surface area contributed by atoms with Gasteiger partial charge in [-0.3, -0.25) is 9.69 Å². The number of nitrogens with zero attached hydrogens (tertiary/aromatic N) is 4. The third kappa shape index (κ3) is 5.31. The zero-order valence-corrected chi connectivity index (χ0v) is 19.9. The summed E-state index contributed by atoms with van der Waals surface area (Å²) < 4.78 is 7.39. The van der Waals surface area contributed by atoms with Gasteiger partial charge < -0.3 is 19.3 Å². The second-order valence-electron chi connectivity index (χ2n) is 9.89. The van der Waals surface area contributed by atoms with Crippen molar-refractivity contribution in [1.82, 2.24) is 19.6 Å². The van der Waals surface area contributed by atoms with Gasteiger partial charge in [-0.15, -0.1) is 0 Å². The fourth-order valence-electron chi connectivity index (χ4n) is 5.30. The minimum absolute atomic E-state index is 0.152. The molecule has 8 heteroatoms. The van der Waals surface area contributed by atoms with Crippen LogP contribution in [0.15, 0.2) is 47.2 Å². The number of hydrogen-bond donors (Lipinski definition) is 2. The fourth-order valence-corrected chi connectivity index (χ4v) is 5.30. The van der Waals surface area contributed by atoms with E-state index in [0.717, 1.165) is 55.6 Å². The molecule has 182 valence electrons. The summed E-state index contributed by atoms with van der Waals surface area (Å²) in [6.07, 6.45) is 7.22. The second kappa shape index (κ2) is 9.68.